The Morgan fingerprint density at radius 3 is 2.48 bits per heavy atom. The Labute approximate surface area is 174 Å². The summed E-state index contributed by atoms with van der Waals surface area (Å²) in [6.07, 6.45) is 0.108. The zero-order valence-electron chi connectivity index (χ0n) is 16.6. The second-order valence-corrected chi connectivity index (χ2v) is 8.36. The number of aliphatic carboxylic acids is 1. The van der Waals surface area contributed by atoms with Crippen LogP contribution in [-0.2, 0) is 16.0 Å². The molecule has 0 aliphatic heterocycles. The van der Waals surface area contributed by atoms with E-state index in [-0.39, 0.29) is 18.6 Å². The van der Waals surface area contributed by atoms with E-state index in [9.17, 15) is 14.7 Å². The number of Topliss-reactive ketones (excluding diaryl/α,β-unsaturated/α-hetero) is 1. The summed E-state index contributed by atoms with van der Waals surface area (Å²) in [5.74, 6) is -0.349. The number of ether oxygens (including phenoxy) is 1. The van der Waals surface area contributed by atoms with Gasteiger partial charge in [0.05, 0.1) is 18.2 Å². The van der Waals surface area contributed by atoms with E-state index in [2.05, 4.69) is 4.98 Å². The van der Waals surface area contributed by atoms with Gasteiger partial charge in [0.15, 0.2) is 0 Å². The van der Waals surface area contributed by atoms with E-state index < -0.39 is 11.4 Å². The van der Waals surface area contributed by atoms with Gasteiger partial charge in [-0.2, -0.15) is 0 Å². The number of benzene rings is 2. The molecule has 0 aliphatic rings. The highest BCUT2D eigenvalue weighted by atomic mass is 32.1. The third-order valence-electron chi connectivity index (χ3n) is 4.69. The summed E-state index contributed by atoms with van der Waals surface area (Å²) in [6, 6.07) is 15.8. The van der Waals surface area contributed by atoms with Crippen LogP contribution < -0.4 is 4.74 Å². The van der Waals surface area contributed by atoms with E-state index in [1.807, 2.05) is 53.9 Å². The van der Waals surface area contributed by atoms with E-state index >= 15 is 0 Å². The van der Waals surface area contributed by atoms with Gasteiger partial charge in [0.25, 0.3) is 0 Å². The first-order valence-corrected chi connectivity index (χ1v) is 10.1. The summed E-state index contributed by atoms with van der Waals surface area (Å²) >= 11 is 1.47. The normalized spacial score (nSPS) is 11.3. The summed E-state index contributed by atoms with van der Waals surface area (Å²) in [6.45, 7) is 3.12. The van der Waals surface area contributed by atoms with Crippen molar-refractivity contribution in [1.29, 1.82) is 0 Å². The lowest BCUT2D eigenvalue weighted by atomic mass is 9.86. The van der Waals surface area contributed by atoms with Crippen molar-refractivity contribution in [3.05, 3.63) is 59.6 Å². The molecular formula is C23H23NO4S. The smallest absolute Gasteiger partial charge is 0.309 e. The van der Waals surface area contributed by atoms with Crippen molar-refractivity contribution in [1.82, 2.24) is 4.98 Å². The van der Waals surface area contributed by atoms with Crippen molar-refractivity contribution in [3.8, 4) is 27.4 Å². The van der Waals surface area contributed by atoms with E-state index in [4.69, 9.17) is 4.74 Å². The number of carbonyl (C=O) groups excluding carboxylic acids is 1. The summed E-state index contributed by atoms with van der Waals surface area (Å²) in [4.78, 5) is 28.2. The SMILES string of the molecule is COc1ccc(-c2nc(CC(=O)CC(C)(C)C(=O)O)cs2)c(-c2ccccc2)c1. The Bertz CT molecular complexity index is 1020. The average molecular weight is 410 g/mol. The quantitative estimate of drug-likeness (QED) is 0.560. The van der Waals surface area contributed by atoms with Crippen LogP contribution in [0.15, 0.2) is 53.9 Å². The van der Waals surface area contributed by atoms with Crippen molar-refractivity contribution in [3.63, 3.8) is 0 Å². The van der Waals surface area contributed by atoms with Gasteiger partial charge >= 0.3 is 5.97 Å². The first-order valence-electron chi connectivity index (χ1n) is 9.23. The molecule has 150 valence electrons. The fraction of sp³-hybridized carbons (Fsp3) is 0.261. The standard InChI is InChI=1S/C23H23NO4S/c1-23(2,22(26)27)13-17(25)11-16-14-29-21(24-16)19-10-9-18(28-3)12-20(19)15-7-5-4-6-8-15/h4-10,12,14H,11,13H2,1-3H3,(H,26,27). The van der Waals surface area contributed by atoms with Crippen molar-refractivity contribution in [2.75, 3.05) is 7.11 Å². The Hall–Kier alpha value is -2.99. The first-order chi connectivity index (χ1) is 13.8. The second kappa shape index (κ2) is 8.57. The molecule has 0 aliphatic carbocycles. The molecule has 29 heavy (non-hydrogen) atoms. The Balaban J connectivity index is 1.87. The molecule has 0 saturated carbocycles. The van der Waals surface area contributed by atoms with Crippen LogP contribution in [0.2, 0.25) is 0 Å². The molecule has 1 heterocycles. The molecule has 0 unspecified atom stereocenters. The molecule has 3 aromatic rings. The Kier molecular flexibility index (Phi) is 6.13. The van der Waals surface area contributed by atoms with Crippen LogP contribution in [0.1, 0.15) is 26.0 Å². The molecule has 0 fully saturated rings. The van der Waals surface area contributed by atoms with Crippen molar-refractivity contribution < 1.29 is 19.4 Å². The second-order valence-electron chi connectivity index (χ2n) is 7.50. The Morgan fingerprint density at radius 2 is 1.83 bits per heavy atom. The van der Waals surface area contributed by atoms with Gasteiger partial charge in [-0.25, -0.2) is 4.98 Å². The molecule has 2 aromatic carbocycles. The summed E-state index contributed by atoms with van der Waals surface area (Å²) in [5.41, 5.74) is 2.60. The Morgan fingerprint density at radius 1 is 1.10 bits per heavy atom. The van der Waals surface area contributed by atoms with Crippen LogP contribution in [0.25, 0.3) is 21.7 Å². The fourth-order valence-corrected chi connectivity index (χ4v) is 3.90. The van der Waals surface area contributed by atoms with E-state index in [1.54, 1.807) is 21.0 Å². The third-order valence-corrected chi connectivity index (χ3v) is 5.61. The minimum atomic E-state index is -1.08. The highest BCUT2D eigenvalue weighted by Gasteiger charge is 2.30. The first kappa shape index (κ1) is 20.7. The molecule has 0 radical (unpaired) electrons. The maximum atomic E-state index is 12.3. The van der Waals surface area contributed by atoms with Crippen molar-refractivity contribution in [2.45, 2.75) is 26.7 Å². The lowest BCUT2D eigenvalue weighted by molar-refractivity contribution is -0.149. The molecular weight excluding hydrogens is 386 g/mol. The van der Waals surface area contributed by atoms with Crippen molar-refractivity contribution >= 4 is 23.1 Å². The maximum Gasteiger partial charge on any atom is 0.309 e. The average Bonchev–Trinajstić information content (AvgIpc) is 3.15. The number of thiazole rings is 1. The van der Waals surface area contributed by atoms with Crippen LogP contribution in [0.5, 0.6) is 5.75 Å². The number of aromatic nitrogens is 1. The van der Waals surface area contributed by atoms with E-state index in [1.165, 1.54) is 11.3 Å². The number of hydrogen-bond acceptors (Lipinski definition) is 5. The molecule has 0 bridgehead atoms. The number of nitrogens with zero attached hydrogens (tertiary/aromatic N) is 1. The predicted molar refractivity (Wildman–Crippen MR) is 114 cm³/mol. The number of carbonyl (C=O) groups is 2. The van der Waals surface area contributed by atoms with Gasteiger partial charge in [-0.05, 0) is 43.2 Å². The molecule has 1 N–H and O–H groups in total. The van der Waals surface area contributed by atoms with Crippen LogP contribution in [0.3, 0.4) is 0 Å². The topological polar surface area (TPSA) is 76.5 Å². The van der Waals surface area contributed by atoms with Gasteiger partial charge in [-0.15, -0.1) is 11.3 Å². The highest BCUT2D eigenvalue weighted by molar-refractivity contribution is 7.13. The highest BCUT2D eigenvalue weighted by Crippen LogP contribution is 2.36. The van der Waals surface area contributed by atoms with Crippen molar-refractivity contribution in [2.24, 2.45) is 5.41 Å². The van der Waals surface area contributed by atoms with Crippen LogP contribution in [0.4, 0.5) is 0 Å². The number of methoxy groups -OCH3 is 1. The van der Waals surface area contributed by atoms with Gasteiger partial charge in [0.2, 0.25) is 0 Å². The molecule has 3 rings (SSSR count). The number of carboxylic acids is 1. The lowest BCUT2D eigenvalue weighted by Gasteiger charge is -2.17. The molecule has 1 aromatic heterocycles. The maximum absolute atomic E-state index is 12.3. The largest absolute Gasteiger partial charge is 0.497 e. The zero-order valence-corrected chi connectivity index (χ0v) is 17.5. The lowest BCUT2D eigenvalue weighted by Crippen LogP contribution is -2.27. The fourth-order valence-electron chi connectivity index (χ4n) is 3.04. The predicted octanol–water partition coefficient (Wildman–Crippen LogP) is 5.10. The minimum absolute atomic E-state index is 0.0208. The van der Waals surface area contributed by atoms with Gasteiger partial charge in [-0.3, -0.25) is 9.59 Å². The van der Waals surface area contributed by atoms with E-state index in [0.29, 0.717) is 5.69 Å². The molecule has 5 nitrogen and oxygen atoms in total. The van der Waals surface area contributed by atoms with Crippen LogP contribution in [0, 0.1) is 5.41 Å². The molecule has 0 spiro atoms. The number of rotatable bonds is 8. The van der Waals surface area contributed by atoms with Gasteiger partial charge in [0, 0.05) is 23.8 Å². The summed E-state index contributed by atoms with van der Waals surface area (Å²) < 4.78 is 5.38. The van der Waals surface area contributed by atoms with Crippen LogP contribution in [-0.4, -0.2) is 29.0 Å². The summed E-state index contributed by atoms with van der Waals surface area (Å²) in [7, 11) is 1.63. The van der Waals surface area contributed by atoms with E-state index in [0.717, 1.165) is 27.4 Å². The zero-order chi connectivity index (χ0) is 21.0. The molecule has 0 saturated heterocycles. The number of hydrogen-bond donors (Lipinski definition) is 1. The summed E-state index contributed by atoms with van der Waals surface area (Å²) in [5, 5.41) is 11.9. The number of ketones is 1. The van der Waals surface area contributed by atoms with Gasteiger partial charge < -0.3 is 9.84 Å². The number of carboxylic acid groups (broad SMARTS) is 1. The molecule has 6 heteroatoms. The third kappa shape index (κ3) is 4.90. The van der Waals surface area contributed by atoms with Gasteiger partial charge in [-0.1, -0.05) is 30.3 Å². The van der Waals surface area contributed by atoms with Gasteiger partial charge in [0.1, 0.15) is 16.5 Å². The molecule has 0 atom stereocenters. The van der Waals surface area contributed by atoms with Crippen LogP contribution >= 0.6 is 11.3 Å². The molecule has 0 amide bonds. The minimum Gasteiger partial charge on any atom is -0.497 e. The monoisotopic (exact) mass is 409 g/mol.